The first-order valence-electron chi connectivity index (χ1n) is 8.08. The first-order chi connectivity index (χ1) is 12.3. The number of carbonyl (C=O) groups is 1. The van der Waals surface area contributed by atoms with Crippen molar-refractivity contribution >= 4 is 6.16 Å². The van der Waals surface area contributed by atoms with E-state index in [1.807, 2.05) is 36.4 Å². The normalized spacial score (nSPS) is 19.5. The van der Waals surface area contributed by atoms with E-state index >= 15 is 0 Å². The quantitative estimate of drug-likeness (QED) is 0.568. The zero-order valence-electron chi connectivity index (χ0n) is 13.7. The van der Waals surface area contributed by atoms with Gasteiger partial charge in [0.25, 0.3) is 0 Å². The van der Waals surface area contributed by atoms with Crippen LogP contribution in [0.4, 0.5) is 4.79 Å². The standard InChI is InChI=1S/C19H20O6/c20-19(25-16-9-5-2-6-10-16)23-13-17-12-22-18(24-17)14-21-11-15-7-3-1-4-8-15/h1-10,17-18H,11-14H2. The van der Waals surface area contributed by atoms with Crippen molar-refractivity contribution in [2.75, 3.05) is 19.8 Å². The summed E-state index contributed by atoms with van der Waals surface area (Å²) < 4.78 is 26.7. The fourth-order valence-electron chi connectivity index (χ4n) is 2.31. The summed E-state index contributed by atoms with van der Waals surface area (Å²) in [6, 6.07) is 18.6. The monoisotopic (exact) mass is 344 g/mol. The van der Waals surface area contributed by atoms with Crippen molar-refractivity contribution < 1.29 is 28.5 Å². The maximum absolute atomic E-state index is 11.6. The van der Waals surface area contributed by atoms with Gasteiger partial charge in [-0.05, 0) is 17.7 Å². The van der Waals surface area contributed by atoms with Gasteiger partial charge >= 0.3 is 6.16 Å². The number of carbonyl (C=O) groups excluding carboxylic acids is 1. The smallest absolute Gasteiger partial charge is 0.431 e. The number of ether oxygens (including phenoxy) is 5. The molecule has 6 heteroatoms. The third kappa shape index (κ3) is 5.86. The first kappa shape index (κ1) is 17.4. The van der Waals surface area contributed by atoms with Crippen molar-refractivity contribution in [3.05, 3.63) is 66.2 Å². The number of rotatable bonds is 7. The average molecular weight is 344 g/mol. The Balaban J connectivity index is 1.31. The van der Waals surface area contributed by atoms with E-state index in [1.54, 1.807) is 24.3 Å². The molecular weight excluding hydrogens is 324 g/mol. The topological polar surface area (TPSA) is 63.2 Å². The second kappa shape index (κ2) is 9.17. The fraction of sp³-hybridized carbons (Fsp3) is 0.316. The number of hydrogen-bond donors (Lipinski definition) is 0. The molecule has 2 atom stereocenters. The second-order valence-electron chi connectivity index (χ2n) is 5.50. The molecule has 1 aliphatic heterocycles. The molecule has 0 amide bonds. The van der Waals surface area contributed by atoms with E-state index in [1.165, 1.54) is 0 Å². The van der Waals surface area contributed by atoms with Crippen LogP contribution in [0, 0.1) is 0 Å². The van der Waals surface area contributed by atoms with Gasteiger partial charge in [-0.25, -0.2) is 4.79 Å². The highest BCUT2D eigenvalue weighted by Gasteiger charge is 2.27. The molecule has 1 heterocycles. The van der Waals surface area contributed by atoms with E-state index in [4.69, 9.17) is 23.7 Å². The molecule has 0 radical (unpaired) electrons. The lowest BCUT2D eigenvalue weighted by Crippen LogP contribution is -2.24. The van der Waals surface area contributed by atoms with Crippen molar-refractivity contribution in [3.63, 3.8) is 0 Å². The molecule has 25 heavy (non-hydrogen) atoms. The van der Waals surface area contributed by atoms with E-state index in [0.717, 1.165) is 5.56 Å². The van der Waals surface area contributed by atoms with Crippen molar-refractivity contribution in [1.29, 1.82) is 0 Å². The SMILES string of the molecule is O=C(OCC1COC(COCc2ccccc2)O1)Oc1ccccc1. The number of hydrogen-bond acceptors (Lipinski definition) is 6. The van der Waals surface area contributed by atoms with Crippen molar-refractivity contribution in [1.82, 2.24) is 0 Å². The predicted octanol–water partition coefficient (Wildman–Crippen LogP) is 3.16. The summed E-state index contributed by atoms with van der Waals surface area (Å²) in [6.07, 6.45) is -1.55. The molecule has 1 aliphatic rings. The zero-order chi connectivity index (χ0) is 17.3. The van der Waals surface area contributed by atoms with Crippen LogP contribution in [0.5, 0.6) is 5.75 Å². The Bertz CT molecular complexity index is 645. The predicted molar refractivity (Wildman–Crippen MR) is 89.1 cm³/mol. The van der Waals surface area contributed by atoms with Crippen LogP contribution in [0.25, 0.3) is 0 Å². The molecule has 0 aliphatic carbocycles. The minimum Gasteiger partial charge on any atom is -0.431 e. The number of benzene rings is 2. The molecule has 0 saturated carbocycles. The van der Waals surface area contributed by atoms with E-state index in [-0.39, 0.29) is 12.7 Å². The van der Waals surface area contributed by atoms with Gasteiger partial charge in [-0.15, -0.1) is 0 Å². The highest BCUT2D eigenvalue weighted by molar-refractivity contribution is 5.63. The van der Waals surface area contributed by atoms with Gasteiger partial charge < -0.3 is 23.7 Å². The van der Waals surface area contributed by atoms with Gasteiger partial charge in [0.1, 0.15) is 18.5 Å². The molecule has 3 rings (SSSR count). The van der Waals surface area contributed by atoms with Gasteiger partial charge in [0.05, 0.1) is 19.8 Å². The maximum atomic E-state index is 11.6. The van der Waals surface area contributed by atoms with Crippen LogP contribution in [-0.4, -0.2) is 38.4 Å². The van der Waals surface area contributed by atoms with Gasteiger partial charge in [-0.3, -0.25) is 0 Å². The second-order valence-corrected chi connectivity index (χ2v) is 5.50. The highest BCUT2D eigenvalue weighted by Crippen LogP contribution is 2.14. The Kier molecular flexibility index (Phi) is 6.39. The first-order valence-corrected chi connectivity index (χ1v) is 8.08. The van der Waals surface area contributed by atoms with Crippen molar-refractivity contribution in [3.8, 4) is 5.75 Å². The summed E-state index contributed by atoms with van der Waals surface area (Å²) in [4.78, 5) is 11.6. The number of para-hydroxylation sites is 1. The summed E-state index contributed by atoms with van der Waals surface area (Å²) >= 11 is 0. The van der Waals surface area contributed by atoms with Gasteiger partial charge in [0, 0.05) is 0 Å². The molecule has 2 aromatic carbocycles. The minimum atomic E-state index is -0.765. The Hall–Kier alpha value is -2.41. The molecule has 1 saturated heterocycles. The Morgan fingerprint density at radius 1 is 1.00 bits per heavy atom. The summed E-state index contributed by atoms with van der Waals surface area (Å²) in [5.74, 6) is 0.434. The van der Waals surface area contributed by atoms with Crippen LogP contribution in [-0.2, 0) is 25.6 Å². The molecule has 132 valence electrons. The molecule has 0 aromatic heterocycles. The van der Waals surface area contributed by atoms with Gasteiger partial charge in [-0.1, -0.05) is 48.5 Å². The third-order valence-electron chi connectivity index (χ3n) is 3.51. The molecule has 6 nitrogen and oxygen atoms in total. The van der Waals surface area contributed by atoms with E-state index in [0.29, 0.717) is 25.6 Å². The third-order valence-corrected chi connectivity index (χ3v) is 3.51. The summed E-state index contributed by atoms with van der Waals surface area (Å²) in [7, 11) is 0. The average Bonchev–Trinajstić information content (AvgIpc) is 3.10. The van der Waals surface area contributed by atoms with Crippen LogP contribution in [0.2, 0.25) is 0 Å². The largest absolute Gasteiger partial charge is 0.513 e. The van der Waals surface area contributed by atoms with Gasteiger partial charge in [0.2, 0.25) is 0 Å². The lowest BCUT2D eigenvalue weighted by Gasteiger charge is -2.12. The van der Waals surface area contributed by atoms with Gasteiger partial charge in [0.15, 0.2) is 6.29 Å². The lowest BCUT2D eigenvalue weighted by molar-refractivity contribution is -0.113. The van der Waals surface area contributed by atoms with Crippen LogP contribution < -0.4 is 4.74 Å². The molecule has 0 bridgehead atoms. The van der Waals surface area contributed by atoms with Crippen LogP contribution >= 0.6 is 0 Å². The molecular formula is C19H20O6. The lowest BCUT2D eigenvalue weighted by atomic mass is 10.2. The highest BCUT2D eigenvalue weighted by atomic mass is 16.8. The molecule has 2 unspecified atom stereocenters. The summed E-state index contributed by atoms with van der Waals surface area (Å²) in [5.41, 5.74) is 1.09. The molecule has 0 spiro atoms. The van der Waals surface area contributed by atoms with Crippen LogP contribution in [0.15, 0.2) is 60.7 Å². The van der Waals surface area contributed by atoms with E-state index in [9.17, 15) is 4.79 Å². The van der Waals surface area contributed by atoms with Crippen LogP contribution in [0.3, 0.4) is 0 Å². The van der Waals surface area contributed by atoms with Crippen molar-refractivity contribution in [2.24, 2.45) is 0 Å². The van der Waals surface area contributed by atoms with Crippen LogP contribution in [0.1, 0.15) is 5.56 Å². The Morgan fingerprint density at radius 3 is 2.48 bits per heavy atom. The molecule has 0 N–H and O–H groups in total. The summed E-state index contributed by atoms with van der Waals surface area (Å²) in [6.45, 7) is 1.23. The minimum absolute atomic E-state index is 0.0703. The Morgan fingerprint density at radius 2 is 1.72 bits per heavy atom. The van der Waals surface area contributed by atoms with E-state index < -0.39 is 12.4 Å². The zero-order valence-corrected chi connectivity index (χ0v) is 13.7. The molecule has 2 aromatic rings. The summed E-state index contributed by atoms with van der Waals surface area (Å²) in [5, 5.41) is 0. The van der Waals surface area contributed by atoms with E-state index in [2.05, 4.69) is 0 Å². The molecule has 1 fully saturated rings. The maximum Gasteiger partial charge on any atom is 0.513 e. The van der Waals surface area contributed by atoms with Crippen molar-refractivity contribution in [2.45, 2.75) is 19.0 Å². The Labute approximate surface area is 146 Å². The van der Waals surface area contributed by atoms with Gasteiger partial charge in [-0.2, -0.15) is 0 Å². The fourth-order valence-corrected chi connectivity index (χ4v) is 2.31.